The van der Waals surface area contributed by atoms with Crippen molar-refractivity contribution >= 4 is 23.2 Å². The van der Waals surface area contributed by atoms with Crippen LogP contribution in [0.25, 0.3) is 0 Å². The van der Waals surface area contributed by atoms with Crippen LogP contribution in [-0.4, -0.2) is 15.9 Å². The van der Waals surface area contributed by atoms with E-state index in [2.05, 4.69) is 15.3 Å². The van der Waals surface area contributed by atoms with Crippen LogP contribution in [-0.2, 0) is 0 Å². The second kappa shape index (κ2) is 7.32. The Balaban J connectivity index is 1.84. The molecule has 25 heavy (non-hydrogen) atoms. The van der Waals surface area contributed by atoms with Crippen molar-refractivity contribution in [3.63, 3.8) is 0 Å². The summed E-state index contributed by atoms with van der Waals surface area (Å²) in [6.45, 7) is 3.81. The Bertz CT molecular complexity index is 894. The summed E-state index contributed by atoms with van der Waals surface area (Å²) >= 11 is 6.06. The number of carbonyl (C=O) groups is 1. The quantitative estimate of drug-likeness (QED) is 0.732. The van der Waals surface area contributed by atoms with Gasteiger partial charge in [0.1, 0.15) is 11.4 Å². The summed E-state index contributed by atoms with van der Waals surface area (Å²) < 4.78 is 5.87. The van der Waals surface area contributed by atoms with Gasteiger partial charge in [-0.1, -0.05) is 29.3 Å². The van der Waals surface area contributed by atoms with Crippen LogP contribution in [0, 0.1) is 13.8 Å². The SMILES string of the molecule is Cc1ccc(Oc2ccc(Cl)cc2NC(=O)c2cnc(C)cn2)cc1. The van der Waals surface area contributed by atoms with Gasteiger partial charge in [-0.2, -0.15) is 0 Å². The van der Waals surface area contributed by atoms with Crippen molar-refractivity contribution in [3.8, 4) is 11.5 Å². The zero-order valence-corrected chi connectivity index (χ0v) is 14.5. The number of amides is 1. The number of aromatic nitrogens is 2. The number of ether oxygens (including phenoxy) is 1. The first kappa shape index (κ1) is 16.9. The highest BCUT2D eigenvalue weighted by molar-refractivity contribution is 6.31. The van der Waals surface area contributed by atoms with E-state index in [1.54, 1.807) is 25.1 Å². The van der Waals surface area contributed by atoms with E-state index in [0.29, 0.717) is 22.2 Å². The number of benzene rings is 2. The van der Waals surface area contributed by atoms with Crippen LogP contribution < -0.4 is 10.1 Å². The molecule has 3 aromatic rings. The number of halogens is 1. The molecule has 0 aliphatic carbocycles. The highest BCUT2D eigenvalue weighted by Gasteiger charge is 2.13. The maximum atomic E-state index is 12.4. The molecule has 0 radical (unpaired) electrons. The average molecular weight is 354 g/mol. The van der Waals surface area contributed by atoms with Crippen molar-refractivity contribution in [2.24, 2.45) is 0 Å². The second-order valence-electron chi connectivity index (χ2n) is 5.55. The topological polar surface area (TPSA) is 64.1 Å². The van der Waals surface area contributed by atoms with Gasteiger partial charge in [0.05, 0.1) is 17.6 Å². The maximum Gasteiger partial charge on any atom is 0.275 e. The summed E-state index contributed by atoms with van der Waals surface area (Å²) in [6, 6.07) is 12.7. The summed E-state index contributed by atoms with van der Waals surface area (Å²) in [5, 5.41) is 3.26. The normalized spacial score (nSPS) is 10.4. The molecule has 5 nitrogen and oxygen atoms in total. The molecule has 126 valence electrons. The van der Waals surface area contributed by atoms with Crippen LogP contribution in [0.3, 0.4) is 0 Å². The summed E-state index contributed by atoms with van der Waals surface area (Å²) in [6.07, 6.45) is 2.96. The minimum Gasteiger partial charge on any atom is -0.455 e. The van der Waals surface area contributed by atoms with Gasteiger partial charge in [-0.05, 0) is 44.2 Å². The monoisotopic (exact) mass is 353 g/mol. The maximum absolute atomic E-state index is 12.4. The molecule has 1 heterocycles. The van der Waals surface area contributed by atoms with E-state index in [4.69, 9.17) is 16.3 Å². The molecule has 6 heteroatoms. The van der Waals surface area contributed by atoms with Crippen LogP contribution in [0.1, 0.15) is 21.7 Å². The minimum atomic E-state index is -0.386. The van der Waals surface area contributed by atoms with Gasteiger partial charge in [-0.3, -0.25) is 9.78 Å². The van der Waals surface area contributed by atoms with Gasteiger partial charge in [0.25, 0.3) is 5.91 Å². The highest BCUT2D eigenvalue weighted by atomic mass is 35.5. The Hall–Kier alpha value is -2.92. The van der Waals surface area contributed by atoms with Crippen LogP contribution >= 0.6 is 11.6 Å². The Labute approximate surface area is 150 Å². The van der Waals surface area contributed by atoms with Crippen molar-refractivity contribution in [1.82, 2.24) is 9.97 Å². The molecule has 1 aromatic heterocycles. The molecular formula is C19H16ClN3O2. The fraction of sp³-hybridized carbons (Fsp3) is 0.105. The molecule has 0 saturated heterocycles. The van der Waals surface area contributed by atoms with E-state index < -0.39 is 0 Å². The van der Waals surface area contributed by atoms with Crippen molar-refractivity contribution < 1.29 is 9.53 Å². The van der Waals surface area contributed by atoms with E-state index in [0.717, 1.165) is 11.3 Å². The first-order valence-corrected chi connectivity index (χ1v) is 8.03. The first-order valence-electron chi connectivity index (χ1n) is 7.65. The van der Waals surface area contributed by atoms with Crippen LogP contribution in [0.5, 0.6) is 11.5 Å². The summed E-state index contributed by atoms with van der Waals surface area (Å²) in [5.74, 6) is 0.767. The lowest BCUT2D eigenvalue weighted by atomic mass is 10.2. The molecule has 0 aliphatic rings. The molecular weight excluding hydrogens is 338 g/mol. The Morgan fingerprint density at radius 1 is 1.04 bits per heavy atom. The number of rotatable bonds is 4. The Morgan fingerprint density at radius 2 is 1.80 bits per heavy atom. The van der Waals surface area contributed by atoms with E-state index in [9.17, 15) is 4.79 Å². The molecule has 0 atom stereocenters. The Morgan fingerprint density at radius 3 is 2.48 bits per heavy atom. The molecule has 0 aliphatic heterocycles. The summed E-state index contributed by atoms with van der Waals surface area (Å²) in [7, 11) is 0. The third-order valence-corrected chi connectivity index (χ3v) is 3.69. The van der Waals surface area contributed by atoms with Crippen LogP contribution in [0.2, 0.25) is 5.02 Å². The lowest BCUT2D eigenvalue weighted by Crippen LogP contribution is -2.14. The number of hydrogen-bond donors (Lipinski definition) is 1. The van der Waals surface area contributed by atoms with E-state index in [-0.39, 0.29) is 11.6 Å². The van der Waals surface area contributed by atoms with E-state index >= 15 is 0 Å². The van der Waals surface area contributed by atoms with Gasteiger partial charge >= 0.3 is 0 Å². The minimum absolute atomic E-state index is 0.215. The van der Waals surface area contributed by atoms with Crippen LogP contribution in [0.4, 0.5) is 5.69 Å². The summed E-state index contributed by atoms with van der Waals surface area (Å²) in [4.78, 5) is 20.5. The number of nitrogens with one attached hydrogen (secondary N) is 1. The number of anilines is 1. The number of carbonyl (C=O) groups excluding carboxylic acids is 1. The first-order chi connectivity index (χ1) is 12.0. The molecule has 0 fully saturated rings. The number of hydrogen-bond acceptors (Lipinski definition) is 4. The second-order valence-corrected chi connectivity index (χ2v) is 5.99. The lowest BCUT2D eigenvalue weighted by molar-refractivity contribution is 0.102. The zero-order valence-electron chi connectivity index (χ0n) is 13.8. The fourth-order valence-electron chi connectivity index (χ4n) is 2.12. The Kier molecular flexibility index (Phi) is 4.95. The van der Waals surface area contributed by atoms with Gasteiger partial charge in [-0.15, -0.1) is 0 Å². The van der Waals surface area contributed by atoms with Gasteiger partial charge < -0.3 is 10.1 Å². The molecule has 0 spiro atoms. The highest BCUT2D eigenvalue weighted by Crippen LogP contribution is 2.32. The largest absolute Gasteiger partial charge is 0.455 e. The molecule has 3 rings (SSSR count). The van der Waals surface area contributed by atoms with E-state index in [1.807, 2.05) is 31.2 Å². The lowest BCUT2D eigenvalue weighted by Gasteiger charge is -2.13. The van der Waals surface area contributed by atoms with E-state index in [1.165, 1.54) is 12.4 Å². The standard InChI is InChI=1S/C19H16ClN3O2/c1-12-3-6-15(7-4-12)25-18-8-5-14(20)9-16(18)23-19(24)17-11-21-13(2)10-22-17/h3-11H,1-2H3,(H,23,24). The number of aryl methyl sites for hydroxylation is 2. The van der Waals surface area contributed by atoms with Crippen LogP contribution in [0.15, 0.2) is 54.9 Å². The predicted octanol–water partition coefficient (Wildman–Crippen LogP) is 4.79. The van der Waals surface area contributed by atoms with Crippen molar-refractivity contribution in [3.05, 3.63) is 76.8 Å². The van der Waals surface area contributed by atoms with Crippen molar-refractivity contribution in [1.29, 1.82) is 0 Å². The van der Waals surface area contributed by atoms with Gasteiger partial charge in [-0.25, -0.2) is 4.98 Å². The fourth-order valence-corrected chi connectivity index (χ4v) is 2.29. The van der Waals surface area contributed by atoms with Gasteiger partial charge in [0.2, 0.25) is 0 Å². The number of nitrogens with zero attached hydrogens (tertiary/aromatic N) is 2. The van der Waals surface area contributed by atoms with Gasteiger partial charge in [0.15, 0.2) is 5.75 Å². The molecule has 2 aromatic carbocycles. The third kappa shape index (κ3) is 4.33. The molecule has 1 amide bonds. The zero-order chi connectivity index (χ0) is 17.8. The summed E-state index contributed by atoms with van der Waals surface area (Å²) in [5.41, 5.74) is 2.55. The molecule has 0 saturated carbocycles. The molecule has 0 unspecified atom stereocenters. The smallest absolute Gasteiger partial charge is 0.275 e. The third-order valence-electron chi connectivity index (χ3n) is 3.45. The molecule has 0 bridgehead atoms. The predicted molar refractivity (Wildman–Crippen MR) is 97.4 cm³/mol. The van der Waals surface area contributed by atoms with Crippen molar-refractivity contribution in [2.75, 3.05) is 5.32 Å². The van der Waals surface area contributed by atoms with Gasteiger partial charge in [0, 0.05) is 11.2 Å². The van der Waals surface area contributed by atoms with Crippen molar-refractivity contribution in [2.45, 2.75) is 13.8 Å². The molecule has 1 N–H and O–H groups in total. The average Bonchev–Trinajstić information content (AvgIpc) is 2.59.